The van der Waals surface area contributed by atoms with E-state index in [2.05, 4.69) is 12.6 Å². The zero-order valence-electron chi connectivity index (χ0n) is 4.70. The number of ketones is 1. The van der Waals surface area contributed by atoms with Crippen LogP contribution in [0.5, 0.6) is 0 Å². The number of hydrogen-bond donors (Lipinski definition) is 2. The number of hydrogen-bond acceptors (Lipinski definition) is 3. The third kappa shape index (κ3) is 4.29. The Morgan fingerprint density at radius 2 is 1.89 bits per heavy atom. The molecule has 0 bridgehead atoms. The fraction of sp³-hybridized carbons (Fsp3) is 0.500. The molecule has 1 N–H and O–H groups in total. The molecule has 0 aliphatic carbocycles. The van der Waals surface area contributed by atoms with E-state index in [1.807, 2.05) is 0 Å². The zero-order valence-corrected chi connectivity index (χ0v) is 6.41. The average Bonchev–Trinajstić information content (AvgIpc) is 1.64. The first-order chi connectivity index (χ1) is 3.55. The Balaban J connectivity index is 0. The van der Waals surface area contributed by atoms with Crippen LogP contribution in [0.3, 0.4) is 0 Å². The van der Waals surface area contributed by atoms with Gasteiger partial charge in [0.25, 0.3) is 0 Å². The first kappa shape index (κ1) is 11.6. The Labute approximate surface area is 64.3 Å². The summed E-state index contributed by atoms with van der Waals surface area (Å²) < 4.78 is 0. The van der Waals surface area contributed by atoms with Crippen LogP contribution in [0.25, 0.3) is 0 Å². The van der Waals surface area contributed by atoms with Crippen LogP contribution >= 0.6 is 25.0 Å². The van der Waals surface area contributed by atoms with Crippen LogP contribution in [-0.2, 0) is 9.59 Å². The van der Waals surface area contributed by atoms with Gasteiger partial charge < -0.3 is 5.11 Å². The molecule has 0 rings (SSSR count). The van der Waals surface area contributed by atoms with Crippen molar-refractivity contribution >= 4 is 36.8 Å². The molecule has 0 aromatic rings. The lowest BCUT2D eigenvalue weighted by Crippen LogP contribution is -2.21. The monoisotopic (exact) mass is 170 g/mol. The highest BCUT2D eigenvalue weighted by Crippen LogP contribution is 1.94. The number of Topliss-reactive ketones (excluding diaryl/α,β-unsaturated/α-hetero) is 1. The number of rotatable bonds is 2. The van der Waals surface area contributed by atoms with Gasteiger partial charge in [-0.15, -0.1) is 12.4 Å². The molecule has 1 unspecified atom stereocenters. The highest BCUT2D eigenvalue weighted by molar-refractivity contribution is 7.82. The molecule has 5 heteroatoms. The molecule has 1 atom stereocenters. The van der Waals surface area contributed by atoms with Crippen molar-refractivity contribution in [2.75, 3.05) is 0 Å². The fourth-order valence-electron chi connectivity index (χ4n) is 0.174. The second-order valence-corrected chi connectivity index (χ2v) is 1.87. The second kappa shape index (κ2) is 4.64. The van der Waals surface area contributed by atoms with E-state index in [-0.39, 0.29) is 12.4 Å². The number of carbonyl (C=O) groups is 2. The van der Waals surface area contributed by atoms with Crippen molar-refractivity contribution < 1.29 is 14.7 Å². The number of thiol groups is 1. The van der Waals surface area contributed by atoms with Gasteiger partial charge in [-0.3, -0.25) is 9.59 Å². The molecule has 0 aromatic carbocycles. The van der Waals surface area contributed by atoms with E-state index >= 15 is 0 Å². The molecule has 0 radical (unpaired) electrons. The number of carbonyl (C=O) groups excluding carboxylic acids is 1. The molecule has 9 heavy (non-hydrogen) atoms. The SMILES string of the molecule is CC(=O)C(S)C(=O)O.Cl. The Bertz CT molecular complexity index is 111. The van der Waals surface area contributed by atoms with Crippen molar-refractivity contribution in [2.45, 2.75) is 12.2 Å². The van der Waals surface area contributed by atoms with Crippen molar-refractivity contribution in [2.24, 2.45) is 0 Å². The lowest BCUT2D eigenvalue weighted by molar-refractivity contribution is -0.138. The van der Waals surface area contributed by atoms with E-state index in [4.69, 9.17) is 5.11 Å². The average molecular weight is 171 g/mol. The van der Waals surface area contributed by atoms with Crippen LogP contribution in [-0.4, -0.2) is 22.1 Å². The Hall–Kier alpha value is -0.220. The van der Waals surface area contributed by atoms with Crippen LogP contribution in [0, 0.1) is 0 Å². The molecule has 0 aromatic heterocycles. The minimum Gasteiger partial charge on any atom is -0.480 e. The predicted molar refractivity (Wildman–Crippen MR) is 38.3 cm³/mol. The van der Waals surface area contributed by atoms with Crippen LogP contribution < -0.4 is 0 Å². The van der Waals surface area contributed by atoms with Gasteiger partial charge >= 0.3 is 5.97 Å². The van der Waals surface area contributed by atoms with Crippen molar-refractivity contribution in [1.29, 1.82) is 0 Å². The fourth-order valence-corrected chi connectivity index (χ4v) is 0.174. The Kier molecular flexibility index (Phi) is 5.96. The Morgan fingerprint density at radius 1 is 1.56 bits per heavy atom. The van der Waals surface area contributed by atoms with Crippen molar-refractivity contribution in [3.63, 3.8) is 0 Å². The number of carboxylic acid groups (broad SMARTS) is 1. The van der Waals surface area contributed by atoms with E-state index in [0.29, 0.717) is 0 Å². The summed E-state index contributed by atoms with van der Waals surface area (Å²) in [7, 11) is 0. The van der Waals surface area contributed by atoms with E-state index in [1.165, 1.54) is 6.92 Å². The maximum Gasteiger partial charge on any atom is 0.323 e. The molecule has 0 aliphatic heterocycles. The van der Waals surface area contributed by atoms with Crippen molar-refractivity contribution in [3.05, 3.63) is 0 Å². The smallest absolute Gasteiger partial charge is 0.323 e. The largest absolute Gasteiger partial charge is 0.480 e. The summed E-state index contributed by atoms with van der Waals surface area (Å²) in [4.78, 5) is 20.0. The summed E-state index contributed by atoms with van der Waals surface area (Å²) in [5.74, 6) is -1.64. The van der Waals surface area contributed by atoms with E-state index < -0.39 is 17.0 Å². The lowest BCUT2D eigenvalue weighted by Gasteiger charge is -1.95. The van der Waals surface area contributed by atoms with Gasteiger partial charge in [0.05, 0.1) is 0 Å². The molecule has 0 amide bonds. The summed E-state index contributed by atoms with van der Waals surface area (Å²) in [6, 6.07) is 0. The van der Waals surface area contributed by atoms with Crippen molar-refractivity contribution in [3.8, 4) is 0 Å². The molecule has 0 fully saturated rings. The molecule has 54 valence electrons. The second-order valence-electron chi connectivity index (χ2n) is 1.35. The topological polar surface area (TPSA) is 54.4 Å². The predicted octanol–water partition coefficient (Wildman–Crippen LogP) is 0.380. The molecule has 0 spiro atoms. The summed E-state index contributed by atoms with van der Waals surface area (Å²) in [5.41, 5.74) is 0. The first-order valence-corrected chi connectivity index (χ1v) is 2.48. The third-order valence-electron chi connectivity index (χ3n) is 0.619. The molecule has 0 aliphatic rings. The zero-order chi connectivity index (χ0) is 6.73. The number of halogens is 1. The van der Waals surface area contributed by atoms with Gasteiger partial charge in [-0.1, -0.05) is 0 Å². The molecule has 0 saturated carbocycles. The van der Waals surface area contributed by atoms with E-state index in [9.17, 15) is 9.59 Å². The first-order valence-electron chi connectivity index (χ1n) is 1.97. The normalized spacial score (nSPS) is 11.3. The van der Waals surface area contributed by atoms with Gasteiger partial charge in [-0.2, -0.15) is 12.6 Å². The number of aliphatic carboxylic acids is 1. The van der Waals surface area contributed by atoms with Crippen LogP contribution in [0.15, 0.2) is 0 Å². The van der Waals surface area contributed by atoms with Gasteiger partial charge in [-0.25, -0.2) is 0 Å². The molecule has 3 nitrogen and oxygen atoms in total. The van der Waals surface area contributed by atoms with Gasteiger partial charge in [0, 0.05) is 0 Å². The molecule has 0 heterocycles. The van der Waals surface area contributed by atoms with Crippen LogP contribution in [0.4, 0.5) is 0 Å². The summed E-state index contributed by atoms with van der Waals surface area (Å²) >= 11 is 3.47. The van der Waals surface area contributed by atoms with E-state index in [1.54, 1.807) is 0 Å². The maximum atomic E-state index is 10.1. The Morgan fingerprint density at radius 3 is 1.89 bits per heavy atom. The highest BCUT2D eigenvalue weighted by atomic mass is 35.5. The highest BCUT2D eigenvalue weighted by Gasteiger charge is 2.15. The summed E-state index contributed by atoms with van der Waals surface area (Å²) in [6.07, 6.45) is 0. The van der Waals surface area contributed by atoms with Gasteiger partial charge in [0.15, 0.2) is 11.0 Å². The van der Waals surface area contributed by atoms with Crippen molar-refractivity contribution in [1.82, 2.24) is 0 Å². The van der Waals surface area contributed by atoms with E-state index in [0.717, 1.165) is 0 Å². The van der Waals surface area contributed by atoms with Crippen LogP contribution in [0.2, 0.25) is 0 Å². The van der Waals surface area contributed by atoms with Gasteiger partial charge in [0.2, 0.25) is 0 Å². The minimum absolute atomic E-state index is 0. The van der Waals surface area contributed by atoms with Gasteiger partial charge in [-0.05, 0) is 6.92 Å². The standard InChI is InChI=1S/C4H6O3S.ClH/c1-2(5)3(8)4(6)7;/h3,8H,1H3,(H,6,7);1H. The van der Waals surface area contributed by atoms with Gasteiger partial charge in [0.1, 0.15) is 0 Å². The van der Waals surface area contributed by atoms with Crippen LogP contribution in [0.1, 0.15) is 6.92 Å². The molecule has 0 saturated heterocycles. The third-order valence-corrected chi connectivity index (χ3v) is 1.20. The maximum absolute atomic E-state index is 10.1. The quantitative estimate of drug-likeness (QED) is 0.466. The number of carboxylic acids is 1. The summed E-state index contributed by atoms with van der Waals surface area (Å²) in [5, 5.41) is 6.90. The molecular weight excluding hydrogens is 164 g/mol. The molecular formula is C4H7ClO3S. The summed E-state index contributed by atoms with van der Waals surface area (Å²) in [6.45, 7) is 1.19. The lowest BCUT2D eigenvalue weighted by atomic mass is 10.3. The minimum atomic E-state index is -1.19.